The zero-order chi connectivity index (χ0) is 16.1. The van der Waals surface area contributed by atoms with Gasteiger partial charge >= 0.3 is 6.03 Å². The molecule has 0 saturated carbocycles. The number of carbonyl (C=O) groups is 1. The minimum Gasteiger partial charge on any atom is -0.378 e. The van der Waals surface area contributed by atoms with Gasteiger partial charge < -0.3 is 15.1 Å². The van der Waals surface area contributed by atoms with E-state index >= 15 is 0 Å². The minimum atomic E-state index is -0.0696. The fourth-order valence-corrected chi connectivity index (χ4v) is 3.54. The van der Waals surface area contributed by atoms with Crippen molar-refractivity contribution in [2.45, 2.75) is 13.1 Å². The van der Waals surface area contributed by atoms with E-state index in [-0.39, 0.29) is 6.03 Å². The second kappa shape index (κ2) is 7.65. The molecule has 0 bridgehead atoms. The molecule has 118 valence electrons. The van der Waals surface area contributed by atoms with E-state index < -0.39 is 0 Å². The summed E-state index contributed by atoms with van der Waals surface area (Å²) in [6.07, 6.45) is 0. The van der Waals surface area contributed by atoms with Crippen LogP contribution < -0.4 is 10.2 Å². The lowest BCUT2D eigenvalue weighted by Gasteiger charge is -2.18. The van der Waals surface area contributed by atoms with E-state index in [1.165, 1.54) is 0 Å². The third-order valence-electron chi connectivity index (χ3n) is 3.24. The highest BCUT2D eigenvalue weighted by atomic mass is 79.9. The van der Waals surface area contributed by atoms with Crippen LogP contribution in [0.15, 0.2) is 40.2 Å². The Morgan fingerprint density at radius 3 is 2.64 bits per heavy atom. The Kier molecular flexibility index (Phi) is 5.85. The molecular weight excluding hydrogens is 362 g/mol. The SMILES string of the molecule is CN(Cc1ccc(Br)s1)C(=O)NCc1cccc(N(C)C)c1. The lowest BCUT2D eigenvalue weighted by atomic mass is 10.2. The highest BCUT2D eigenvalue weighted by molar-refractivity contribution is 9.11. The standard InChI is InChI=1S/C16H20BrN3OS/c1-19(2)13-6-4-5-12(9-13)10-18-16(21)20(3)11-14-7-8-15(17)22-14/h4-9H,10-11H2,1-3H3,(H,18,21). The topological polar surface area (TPSA) is 35.6 Å². The molecule has 1 heterocycles. The molecule has 0 saturated heterocycles. The first-order chi connectivity index (χ1) is 10.5. The van der Waals surface area contributed by atoms with E-state index in [4.69, 9.17) is 0 Å². The van der Waals surface area contributed by atoms with E-state index in [1.54, 1.807) is 23.3 Å². The molecule has 0 aliphatic rings. The Bertz CT molecular complexity index is 642. The zero-order valence-corrected chi connectivity index (χ0v) is 15.4. The van der Waals surface area contributed by atoms with Crippen LogP contribution in [-0.4, -0.2) is 32.1 Å². The molecular formula is C16H20BrN3OS. The van der Waals surface area contributed by atoms with Gasteiger partial charge in [0.25, 0.3) is 0 Å². The summed E-state index contributed by atoms with van der Waals surface area (Å²) >= 11 is 5.08. The molecule has 0 aliphatic carbocycles. The van der Waals surface area contributed by atoms with Crippen LogP contribution in [0.25, 0.3) is 0 Å². The molecule has 0 aliphatic heterocycles. The largest absolute Gasteiger partial charge is 0.378 e. The Morgan fingerprint density at radius 1 is 1.23 bits per heavy atom. The molecule has 6 heteroatoms. The van der Waals surface area contributed by atoms with Crippen molar-refractivity contribution >= 4 is 39.0 Å². The number of carbonyl (C=O) groups excluding carboxylic acids is 1. The number of urea groups is 1. The second-order valence-corrected chi connectivity index (χ2v) is 7.83. The van der Waals surface area contributed by atoms with Gasteiger partial charge in [0.2, 0.25) is 0 Å². The molecule has 0 fully saturated rings. The Hall–Kier alpha value is -1.53. The maximum atomic E-state index is 12.1. The molecule has 0 spiro atoms. The third-order valence-corrected chi connectivity index (χ3v) is 4.85. The molecule has 1 aromatic carbocycles. The number of benzene rings is 1. The predicted molar refractivity (Wildman–Crippen MR) is 96.5 cm³/mol. The van der Waals surface area contributed by atoms with Crippen molar-refractivity contribution < 1.29 is 4.79 Å². The van der Waals surface area contributed by atoms with Gasteiger partial charge in [-0.3, -0.25) is 0 Å². The molecule has 2 aromatic rings. The van der Waals surface area contributed by atoms with Crippen LogP contribution in [-0.2, 0) is 13.1 Å². The zero-order valence-electron chi connectivity index (χ0n) is 13.0. The summed E-state index contributed by atoms with van der Waals surface area (Å²) in [4.78, 5) is 17.0. The van der Waals surface area contributed by atoms with Crippen molar-refractivity contribution in [1.82, 2.24) is 10.2 Å². The van der Waals surface area contributed by atoms with E-state index in [9.17, 15) is 4.79 Å². The van der Waals surface area contributed by atoms with Gasteiger partial charge in [-0.15, -0.1) is 11.3 Å². The van der Waals surface area contributed by atoms with Crippen molar-refractivity contribution in [3.63, 3.8) is 0 Å². The average Bonchev–Trinajstić information content (AvgIpc) is 2.90. The van der Waals surface area contributed by atoms with Crippen molar-refractivity contribution in [3.05, 3.63) is 50.6 Å². The third kappa shape index (κ3) is 4.74. The van der Waals surface area contributed by atoms with Crippen LogP contribution >= 0.6 is 27.3 Å². The van der Waals surface area contributed by atoms with Gasteiger partial charge in [0, 0.05) is 38.3 Å². The first-order valence-electron chi connectivity index (χ1n) is 6.95. The number of nitrogens with one attached hydrogen (secondary N) is 1. The smallest absolute Gasteiger partial charge is 0.317 e. The summed E-state index contributed by atoms with van der Waals surface area (Å²) in [7, 11) is 5.81. The first-order valence-corrected chi connectivity index (χ1v) is 8.56. The Labute approximate surface area is 143 Å². The molecule has 1 N–H and O–H groups in total. The summed E-state index contributed by atoms with van der Waals surface area (Å²) < 4.78 is 1.08. The van der Waals surface area contributed by atoms with Crippen LogP contribution in [0.1, 0.15) is 10.4 Å². The van der Waals surface area contributed by atoms with Crippen LogP contribution in [0.2, 0.25) is 0 Å². The van der Waals surface area contributed by atoms with Crippen LogP contribution in [0.3, 0.4) is 0 Å². The van der Waals surface area contributed by atoms with Crippen LogP contribution in [0.5, 0.6) is 0 Å². The lowest BCUT2D eigenvalue weighted by molar-refractivity contribution is 0.207. The second-order valence-electron chi connectivity index (χ2n) is 5.28. The van der Waals surface area contributed by atoms with Gasteiger partial charge in [0.1, 0.15) is 0 Å². The molecule has 22 heavy (non-hydrogen) atoms. The normalized spacial score (nSPS) is 10.4. The van der Waals surface area contributed by atoms with E-state index in [2.05, 4.69) is 27.3 Å². The van der Waals surface area contributed by atoms with Gasteiger partial charge in [-0.05, 0) is 45.8 Å². The molecule has 4 nitrogen and oxygen atoms in total. The van der Waals surface area contributed by atoms with Gasteiger partial charge in [0.15, 0.2) is 0 Å². The number of hydrogen-bond donors (Lipinski definition) is 1. The van der Waals surface area contributed by atoms with Crippen LogP contribution in [0.4, 0.5) is 10.5 Å². The first kappa shape index (κ1) is 16.8. The van der Waals surface area contributed by atoms with Crippen molar-refractivity contribution in [1.29, 1.82) is 0 Å². The van der Waals surface area contributed by atoms with Gasteiger partial charge in [-0.1, -0.05) is 12.1 Å². The molecule has 0 unspecified atom stereocenters. The molecule has 2 rings (SSSR count). The van der Waals surface area contributed by atoms with Crippen molar-refractivity contribution in [2.24, 2.45) is 0 Å². The van der Waals surface area contributed by atoms with E-state index in [0.29, 0.717) is 13.1 Å². The summed E-state index contributed by atoms with van der Waals surface area (Å²) in [5.41, 5.74) is 2.22. The fourth-order valence-electron chi connectivity index (χ4n) is 2.00. The summed E-state index contributed by atoms with van der Waals surface area (Å²) in [6.45, 7) is 1.14. The highest BCUT2D eigenvalue weighted by Crippen LogP contribution is 2.23. The number of hydrogen-bond acceptors (Lipinski definition) is 3. The number of thiophene rings is 1. The number of halogens is 1. The fraction of sp³-hybridized carbons (Fsp3) is 0.312. The van der Waals surface area contributed by atoms with E-state index in [0.717, 1.165) is 19.9 Å². The molecule has 0 radical (unpaired) electrons. The Balaban J connectivity index is 1.88. The number of nitrogens with zero attached hydrogens (tertiary/aromatic N) is 2. The maximum Gasteiger partial charge on any atom is 0.317 e. The van der Waals surface area contributed by atoms with Gasteiger partial charge in [-0.2, -0.15) is 0 Å². The quantitative estimate of drug-likeness (QED) is 0.851. The van der Waals surface area contributed by atoms with Crippen LogP contribution in [0, 0.1) is 0 Å². The van der Waals surface area contributed by atoms with Crippen molar-refractivity contribution in [3.8, 4) is 0 Å². The molecule has 0 atom stereocenters. The molecule has 1 aromatic heterocycles. The number of anilines is 1. The minimum absolute atomic E-state index is 0.0696. The van der Waals surface area contributed by atoms with E-state index in [1.807, 2.05) is 49.3 Å². The predicted octanol–water partition coefficient (Wildman–Crippen LogP) is 3.92. The lowest BCUT2D eigenvalue weighted by Crippen LogP contribution is -2.36. The van der Waals surface area contributed by atoms with Gasteiger partial charge in [0.05, 0.1) is 10.3 Å². The number of rotatable bonds is 5. The van der Waals surface area contributed by atoms with Gasteiger partial charge in [-0.25, -0.2) is 4.79 Å². The van der Waals surface area contributed by atoms with Crippen molar-refractivity contribution in [2.75, 3.05) is 26.0 Å². The monoisotopic (exact) mass is 381 g/mol. The summed E-state index contributed by atoms with van der Waals surface area (Å²) in [5, 5.41) is 2.95. The summed E-state index contributed by atoms with van der Waals surface area (Å²) in [6, 6.07) is 12.1. The Morgan fingerprint density at radius 2 is 2.00 bits per heavy atom. The average molecular weight is 382 g/mol. The summed E-state index contributed by atoms with van der Waals surface area (Å²) in [5.74, 6) is 0. The number of amides is 2. The molecule has 2 amide bonds. The maximum absolute atomic E-state index is 12.1. The highest BCUT2D eigenvalue weighted by Gasteiger charge is 2.10.